The molecule has 1 aromatic rings. The zero-order chi connectivity index (χ0) is 13.1. The molecule has 98 valence electrons. The van der Waals surface area contributed by atoms with Crippen LogP contribution in [0, 0.1) is 17.8 Å². The summed E-state index contributed by atoms with van der Waals surface area (Å²) in [7, 11) is 0. The van der Waals surface area contributed by atoms with E-state index in [4.69, 9.17) is 0 Å². The lowest BCUT2D eigenvalue weighted by Gasteiger charge is -2.32. The number of benzene rings is 1. The van der Waals surface area contributed by atoms with Crippen molar-refractivity contribution >= 4 is 5.78 Å². The molecule has 0 radical (unpaired) electrons. The molecule has 0 bridgehead atoms. The number of Topliss-reactive ketones (excluding diaryl/α,β-unsaturated/α-hetero) is 1. The van der Waals surface area contributed by atoms with Crippen molar-refractivity contribution in [3.63, 3.8) is 0 Å². The average Bonchev–Trinajstić information content (AvgIpc) is 2.41. The van der Waals surface area contributed by atoms with Crippen LogP contribution in [-0.2, 0) is 4.79 Å². The Morgan fingerprint density at radius 1 is 1.17 bits per heavy atom. The zero-order valence-corrected chi connectivity index (χ0v) is 11.2. The van der Waals surface area contributed by atoms with Crippen LogP contribution in [0.1, 0.15) is 44.8 Å². The SMILES string of the molecule is CC1CCC(C(=O)C(O)c2ccccc2)CC1C. The molecule has 2 heteroatoms. The lowest BCUT2D eigenvalue weighted by Crippen LogP contribution is -2.29. The van der Waals surface area contributed by atoms with Crippen LogP contribution in [0.4, 0.5) is 0 Å². The van der Waals surface area contributed by atoms with E-state index in [1.165, 1.54) is 0 Å². The molecule has 0 saturated heterocycles. The van der Waals surface area contributed by atoms with Gasteiger partial charge in [-0.05, 0) is 36.7 Å². The van der Waals surface area contributed by atoms with Crippen molar-refractivity contribution < 1.29 is 9.90 Å². The fraction of sp³-hybridized carbons (Fsp3) is 0.562. The molecule has 4 unspecified atom stereocenters. The van der Waals surface area contributed by atoms with Crippen molar-refractivity contribution in [2.75, 3.05) is 0 Å². The van der Waals surface area contributed by atoms with Crippen LogP contribution in [0.3, 0.4) is 0 Å². The highest BCUT2D eigenvalue weighted by molar-refractivity contribution is 5.86. The Morgan fingerprint density at radius 2 is 1.83 bits per heavy atom. The minimum absolute atomic E-state index is 0.0000463. The highest BCUT2D eigenvalue weighted by Crippen LogP contribution is 2.35. The molecule has 1 aliphatic carbocycles. The Hall–Kier alpha value is -1.15. The van der Waals surface area contributed by atoms with Crippen LogP contribution < -0.4 is 0 Å². The molecular weight excluding hydrogens is 224 g/mol. The fourth-order valence-corrected chi connectivity index (χ4v) is 2.83. The number of carbonyl (C=O) groups is 1. The first-order valence-electron chi connectivity index (χ1n) is 6.86. The first-order chi connectivity index (χ1) is 8.59. The van der Waals surface area contributed by atoms with Gasteiger partial charge in [0, 0.05) is 5.92 Å². The first-order valence-corrected chi connectivity index (χ1v) is 6.86. The molecule has 1 fully saturated rings. The van der Waals surface area contributed by atoms with Crippen LogP contribution in [-0.4, -0.2) is 10.9 Å². The van der Waals surface area contributed by atoms with E-state index in [2.05, 4.69) is 13.8 Å². The molecule has 2 rings (SSSR count). The van der Waals surface area contributed by atoms with E-state index in [1.54, 1.807) is 0 Å². The van der Waals surface area contributed by atoms with Gasteiger partial charge in [-0.15, -0.1) is 0 Å². The van der Waals surface area contributed by atoms with Crippen molar-refractivity contribution in [1.29, 1.82) is 0 Å². The molecular formula is C16H22O2. The molecule has 0 heterocycles. The van der Waals surface area contributed by atoms with Gasteiger partial charge in [0.1, 0.15) is 6.10 Å². The Bertz CT molecular complexity index is 399. The van der Waals surface area contributed by atoms with Crippen LogP contribution in [0.2, 0.25) is 0 Å². The zero-order valence-electron chi connectivity index (χ0n) is 11.2. The average molecular weight is 246 g/mol. The molecule has 4 atom stereocenters. The number of ketones is 1. The monoisotopic (exact) mass is 246 g/mol. The van der Waals surface area contributed by atoms with Gasteiger partial charge in [-0.2, -0.15) is 0 Å². The van der Waals surface area contributed by atoms with E-state index in [0.29, 0.717) is 17.4 Å². The number of carbonyl (C=O) groups excluding carboxylic acids is 1. The Kier molecular flexibility index (Phi) is 4.18. The normalized spacial score (nSPS) is 29.8. The third-order valence-electron chi connectivity index (χ3n) is 4.39. The molecule has 0 aromatic heterocycles. The van der Waals surface area contributed by atoms with E-state index in [0.717, 1.165) is 19.3 Å². The van der Waals surface area contributed by atoms with E-state index in [1.807, 2.05) is 30.3 Å². The maximum atomic E-state index is 12.3. The Balaban J connectivity index is 2.03. The van der Waals surface area contributed by atoms with Crippen molar-refractivity contribution in [3.8, 4) is 0 Å². The maximum Gasteiger partial charge on any atom is 0.168 e. The number of rotatable bonds is 3. The number of aliphatic hydroxyl groups excluding tert-OH is 1. The van der Waals surface area contributed by atoms with E-state index in [-0.39, 0.29) is 11.7 Å². The van der Waals surface area contributed by atoms with Gasteiger partial charge in [0.25, 0.3) is 0 Å². The van der Waals surface area contributed by atoms with Gasteiger partial charge in [-0.3, -0.25) is 4.79 Å². The third kappa shape index (κ3) is 2.81. The van der Waals surface area contributed by atoms with Crippen molar-refractivity contribution in [2.45, 2.75) is 39.2 Å². The van der Waals surface area contributed by atoms with Gasteiger partial charge in [0.15, 0.2) is 5.78 Å². The van der Waals surface area contributed by atoms with Crippen LogP contribution in [0.5, 0.6) is 0 Å². The third-order valence-corrected chi connectivity index (χ3v) is 4.39. The molecule has 1 saturated carbocycles. The van der Waals surface area contributed by atoms with Crippen LogP contribution in [0.15, 0.2) is 30.3 Å². The lowest BCUT2D eigenvalue weighted by atomic mass is 9.73. The largest absolute Gasteiger partial charge is 0.381 e. The van der Waals surface area contributed by atoms with Crippen LogP contribution in [0.25, 0.3) is 0 Å². The lowest BCUT2D eigenvalue weighted by molar-refractivity contribution is -0.133. The highest BCUT2D eigenvalue weighted by Gasteiger charge is 2.32. The summed E-state index contributed by atoms with van der Waals surface area (Å²) in [6.07, 6.45) is 1.99. The molecule has 0 aliphatic heterocycles. The summed E-state index contributed by atoms with van der Waals surface area (Å²) >= 11 is 0. The fourth-order valence-electron chi connectivity index (χ4n) is 2.83. The summed E-state index contributed by atoms with van der Waals surface area (Å²) in [5.41, 5.74) is 0.716. The van der Waals surface area contributed by atoms with Crippen molar-refractivity contribution in [2.24, 2.45) is 17.8 Å². The maximum absolute atomic E-state index is 12.3. The predicted octanol–water partition coefficient (Wildman–Crippen LogP) is 3.36. The van der Waals surface area contributed by atoms with Gasteiger partial charge in [-0.25, -0.2) is 0 Å². The second-order valence-electron chi connectivity index (χ2n) is 5.68. The van der Waals surface area contributed by atoms with Gasteiger partial charge in [0.2, 0.25) is 0 Å². The van der Waals surface area contributed by atoms with Gasteiger partial charge >= 0.3 is 0 Å². The molecule has 1 N–H and O–H groups in total. The second kappa shape index (κ2) is 5.66. The second-order valence-corrected chi connectivity index (χ2v) is 5.68. The quantitative estimate of drug-likeness (QED) is 0.888. The van der Waals surface area contributed by atoms with Crippen molar-refractivity contribution in [1.82, 2.24) is 0 Å². The first kappa shape index (κ1) is 13.3. The number of hydrogen-bond acceptors (Lipinski definition) is 2. The van der Waals surface area contributed by atoms with E-state index < -0.39 is 6.10 Å². The molecule has 18 heavy (non-hydrogen) atoms. The van der Waals surface area contributed by atoms with E-state index >= 15 is 0 Å². The predicted molar refractivity (Wildman–Crippen MR) is 72.1 cm³/mol. The Labute approximate surface area is 109 Å². The summed E-state index contributed by atoms with van der Waals surface area (Å²) in [5, 5.41) is 10.1. The van der Waals surface area contributed by atoms with Gasteiger partial charge < -0.3 is 5.11 Å². The van der Waals surface area contributed by atoms with E-state index in [9.17, 15) is 9.90 Å². The molecule has 1 aromatic carbocycles. The number of hydrogen-bond donors (Lipinski definition) is 1. The summed E-state index contributed by atoms with van der Waals surface area (Å²) in [4.78, 5) is 12.3. The summed E-state index contributed by atoms with van der Waals surface area (Å²) < 4.78 is 0. The summed E-state index contributed by atoms with van der Waals surface area (Å²) in [5.74, 6) is 1.31. The summed E-state index contributed by atoms with van der Waals surface area (Å²) in [6, 6.07) is 9.24. The molecule has 0 amide bonds. The topological polar surface area (TPSA) is 37.3 Å². The molecule has 0 spiro atoms. The van der Waals surface area contributed by atoms with Crippen LogP contribution >= 0.6 is 0 Å². The smallest absolute Gasteiger partial charge is 0.168 e. The van der Waals surface area contributed by atoms with Gasteiger partial charge in [-0.1, -0.05) is 44.2 Å². The number of aliphatic hydroxyl groups is 1. The summed E-state index contributed by atoms with van der Waals surface area (Å²) in [6.45, 7) is 4.46. The standard InChI is InChI=1S/C16H22O2/c1-11-8-9-14(10-12(11)2)16(18)15(17)13-6-4-3-5-7-13/h3-7,11-12,14-15,17H,8-10H2,1-2H3. The minimum Gasteiger partial charge on any atom is -0.381 e. The van der Waals surface area contributed by atoms with Gasteiger partial charge in [0.05, 0.1) is 0 Å². The molecule has 2 nitrogen and oxygen atoms in total. The Morgan fingerprint density at radius 3 is 2.44 bits per heavy atom. The molecule has 1 aliphatic rings. The van der Waals surface area contributed by atoms with Crippen molar-refractivity contribution in [3.05, 3.63) is 35.9 Å². The highest BCUT2D eigenvalue weighted by atomic mass is 16.3. The minimum atomic E-state index is -0.947.